The van der Waals surface area contributed by atoms with Crippen LogP contribution in [0.15, 0.2) is 53.3 Å². The minimum Gasteiger partial charge on any atom is -0.497 e. The Bertz CT molecular complexity index is 1140. The van der Waals surface area contributed by atoms with Crippen molar-refractivity contribution in [2.45, 2.75) is 25.5 Å². The Labute approximate surface area is 192 Å². The predicted octanol–water partition coefficient (Wildman–Crippen LogP) is 3.92. The molecule has 1 aromatic heterocycles. The Morgan fingerprint density at radius 3 is 2.59 bits per heavy atom. The molecule has 0 saturated carbocycles. The second kappa shape index (κ2) is 10.0. The lowest BCUT2D eigenvalue weighted by atomic mass is 10.1. The zero-order valence-corrected chi connectivity index (χ0v) is 19.0. The Balaban J connectivity index is 1.58. The molecule has 7 nitrogen and oxygen atoms in total. The number of pyridine rings is 1. The summed E-state index contributed by atoms with van der Waals surface area (Å²) in [5, 5.41) is 4.72. The highest BCUT2D eigenvalue weighted by molar-refractivity contribution is 7.80. The van der Waals surface area contributed by atoms with E-state index >= 15 is 0 Å². The molecule has 1 aliphatic heterocycles. The summed E-state index contributed by atoms with van der Waals surface area (Å²) < 4.78 is 16.4. The predicted molar refractivity (Wildman–Crippen MR) is 130 cm³/mol. The molecule has 8 heteroatoms. The number of ether oxygens (including phenoxy) is 3. The van der Waals surface area contributed by atoms with Crippen molar-refractivity contribution in [3.05, 3.63) is 64.4 Å². The smallest absolute Gasteiger partial charge is 0.253 e. The number of H-pyrrole nitrogens is 1. The monoisotopic (exact) mass is 453 g/mol. The molecule has 4 rings (SSSR count). The molecule has 3 aromatic rings. The van der Waals surface area contributed by atoms with Crippen LogP contribution < -0.4 is 20.3 Å². The first-order chi connectivity index (χ1) is 15.6. The average molecular weight is 454 g/mol. The highest BCUT2D eigenvalue weighted by Crippen LogP contribution is 2.21. The van der Waals surface area contributed by atoms with Gasteiger partial charge in [0.15, 0.2) is 5.11 Å². The van der Waals surface area contributed by atoms with E-state index < -0.39 is 0 Å². The van der Waals surface area contributed by atoms with Gasteiger partial charge in [-0.05, 0) is 73.6 Å². The molecule has 168 valence electrons. The first kappa shape index (κ1) is 22.1. The summed E-state index contributed by atoms with van der Waals surface area (Å²) in [5.41, 5.74) is 2.12. The fourth-order valence-electron chi connectivity index (χ4n) is 3.81. The number of nitrogens with zero attached hydrogens (tertiary/aromatic N) is 1. The van der Waals surface area contributed by atoms with Crippen LogP contribution in [-0.2, 0) is 11.3 Å². The number of thiocarbonyl (C=S) groups is 1. The first-order valence-corrected chi connectivity index (χ1v) is 11.0. The molecule has 32 heavy (non-hydrogen) atoms. The van der Waals surface area contributed by atoms with E-state index in [0.29, 0.717) is 23.8 Å². The Morgan fingerprint density at radius 1 is 1.16 bits per heavy atom. The van der Waals surface area contributed by atoms with E-state index in [-0.39, 0.29) is 11.7 Å². The van der Waals surface area contributed by atoms with Crippen LogP contribution in [0.1, 0.15) is 18.4 Å². The number of benzene rings is 2. The van der Waals surface area contributed by atoms with Gasteiger partial charge in [-0.15, -0.1) is 0 Å². The third-order valence-corrected chi connectivity index (χ3v) is 5.93. The molecule has 1 saturated heterocycles. The van der Waals surface area contributed by atoms with Gasteiger partial charge < -0.3 is 29.4 Å². The quantitative estimate of drug-likeness (QED) is 0.525. The van der Waals surface area contributed by atoms with Crippen LogP contribution in [-0.4, -0.2) is 48.5 Å². The lowest BCUT2D eigenvalue weighted by Crippen LogP contribution is -2.40. The normalized spacial score (nSPS) is 15.5. The van der Waals surface area contributed by atoms with E-state index in [4.69, 9.17) is 26.4 Å². The molecule has 1 atom stereocenters. The van der Waals surface area contributed by atoms with Crippen LogP contribution in [0.4, 0.5) is 5.69 Å². The number of rotatable bonds is 7. The lowest BCUT2D eigenvalue weighted by Gasteiger charge is -2.28. The maximum Gasteiger partial charge on any atom is 0.253 e. The molecule has 2 aromatic carbocycles. The number of aromatic nitrogens is 1. The van der Waals surface area contributed by atoms with E-state index in [2.05, 4.69) is 10.3 Å². The number of fused-ring (bicyclic) bond motifs is 1. The van der Waals surface area contributed by atoms with E-state index in [1.54, 1.807) is 14.2 Å². The number of hydrogen-bond acceptors (Lipinski definition) is 5. The van der Waals surface area contributed by atoms with Gasteiger partial charge in [0.25, 0.3) is 5.56 Å². The van der Waals surface area contributed by atoms with Gasteiger partial charge in [-0.3, -0.25) is 4.79 Å². The van der Waals surface area contributed by atoms with Crippen LogP contribution in [0.3, 0.4) is 0 Å². The summed E-state index contributed by atoms with van der Waals surface area (Å²) in [6, 6.07) is 15.0. The first-order valence-electron chi connectivity index (χ1n) is 10.6. The molecule has 0 spiro atoms. The van der Waals surface area contributed by atoms with Gasteiger partial charge in [-0.25, -0.2) is 0 Å². The number of methoxy groups -OCH3 is 2. The Hall–Kier alpha value is -3.10. The number of anilines is 1. The van der Waals surface area contributed by atoms with E-state index in [9.17, 15) is 4.79 Å². The van der Waals surface area contributed by atoms with Crippen molar-refractivity contribution < 1.29 is 14.2 Å². The van der Waals surface area contributed by atoms with Crippen molar-refractivity contribution in [2.75, 3.05) is 32.7 Å². The summed E-state index contributed by atoms with van der Waals surface area (Å²) >= 11 is 5.73. The highest BCUT2D eigenvalue weighted by atomic mass is 32.1. The molecular weight excluding hydrogens is 426 g/mol. The fraction of sp³-hybridized carbons (Fsp3) is 0.333. The van der Waals surface area contributed by atoms with Gasteiger partial charge in [-0.1, -0.05) is 0 Å². The van der Waals surface area contributed by atoms with Crippen molar-refractivity contribution in [1.29, 1.82) is 0 Å². The van der Waals surface area contributed by atoms with Crippen LogP contribution in [0, 0.1) is 0 Å². The minimum atomic E-state index is -0.132. The number of nitrogens with one attached hydrogen (secondary N) is 2. The summed E-state index contributed by atoms with van der Waals surface area (Å²) in [6.07, 6.45) is 2.10. The molecule has 2 N–H and O–H groups in total. The highest BCUT2D eigenvalue weighted by Gasteiger charge is 2.22. The van der Waals surface area contributed by atoms with E-state index in [1.165, 1.54) is 0 Å². The summed E-state index contributed by atoms with van der Waals surface area (Å²) in [6.45, 7) is 1.73. The standard InChI is InChI=1S/C24H27N3O4S/c1-29-19-7-5-18(6-8-19)25-24(32)27(15-21-4-3-11-31-21)14-17-12-16-13-20(30-2)9-10-22(16)26-23(17)28/h5-10,12-13,21H,3-4,11,14-15H2,1-2H3,(H,25,32)(H,26,28). The number of aromatic amines is 1. The second-order valence-electron chi connectivity index (χ2n) is 7.75. The van der Waals surface area contributed by atoms with Crippen molar-refractivity contribution in [3.8, 4) is 11.5 Å². The van der Waals surface area contributed by atoms with Crippen LogP contribution in [0.5, 0.6) is 11.5 Å². The largest absolute Gasteiger partial charge is 0.497 e. The van der Waals surface area contributed by atoms with E-state index in [0.717, 1.165) is 47.5 Å². The van der Waals surface area contributed by atoms with Gasteiger partial charge in [0.1, 0.15) is 11.5 Å². The SMILES string of the molecule is COc1ccc(NC(=S)N(Cc2cc3cc(OC)ccc3[nH]c2=O)CC2CCCO2)cc1. The van der Waals surface area contributed by atoms with Crippen LogP contribution in [0.25, 0.3) is 10.9 Å². The van der Waals surface area contributed by atoms with Crippen LogP contribution in [0.2, 0.25) is 0 Å². The summed E-state index contributed by atoms with van der Waals surface area (Å²) in [5.74, 6) is 1.51. The molecular formula is C24H27N3O4S. The van der Waals surface area contributed by atoms with Gasteiger partial charge >= 0.3 is 0 Å². The van der Waals surface area contributed by atoms with Crippen molar-refractivity contribution >= 4 is 33.9 Å². The molecule has 1 aliphatic rings. The minimum absolute atomic E-state index is 0.0882. The maximum absolute atomic E-state index is 12.8. The van der Waals surface area contributed by atoms with E-state index in [1.807, 2.05) is 53.4 Å². The molecule has 0 amide bonds. The molecule has 1 unspecified atom stereocenters. The van der Waals surface area contributed by atoms with Gasteiger partial charge in [0.05, 0.1) is 26.9 Å². The molecule has 2 heterocycles. The van der Waals surface area contributed by atoms with Gasteiger partial charge in [-0.2, -0.15) is 0 Å². The molecule has 0 radical (unpaired) electrons. The van der Waals surface area contributed by atoms with Gasteiger partial charge in [0, 0.05) is 35.3 Å². The lowest BCUT2D eigenvalue weighted by molar-refractivity contribution is 0.0904. The molecule has 0 aliphatic carbocycles. The molecule has 1 fully saturated rings. The Kier molecular flexibility index (Phi) is 6.92. The van der Waals surface area contributed by atoms with Crippen molar-refractivity contribution in [3.63, 3.8) is 0 Å². The summed E-state index contributed by atoms with van der Waals surface area (Å²) in [7, 11) is 3.26. The zero-order chi connectivity index (χ0) is 22.5. The van der Waals surface area contributed by atoms with Crippen molar-refractivity contribution in [2.24, 2.45) is 0 Å². The second-order valence-corrected chi connectivity index (χ2v) is 8.14. The van der Waals surface area contributed by atoms with Crippen LogP contribution >= 0.6 is 12.2 Å². The third kappa shape index (κ3) is 5.20. The fourth-order valence-corrected chi connectivity index (χ4v) is 4.07. The third-order valence-electron chi connectivity index (χ3n) is 5.57. The number of hydrogen-bond donors (Lipinski definition) is 2. The molecule has 0 bridgehead atoms. The topological polar surface area (TPSA) is 75.8 Å². The zero-order valence-electron chi connectivity index (χ0n) is 18.2. The maximum atomic E-state index is 12.8. The summed E-state index contributed by atoms with van der Waals surface area (Å²) in [4.78, 5) is 17.7. The van der Waals surface area contributed by atoms with Crippen molar-refractivity contribution in [1.82, 2.24) is 9.88 Å². The average Bonchev–Trinajstić information content (AvgIpc) is 3.32. The van der Waals surface area contributed by atoms with Gasteiger partial charge in [0.2, 0.25) is 0 Å². The Morgan fingerprint density at radius 2 is 1.91 bits per heavy atom.